The third-order valence-electron chi connectivity index (χ3n) is 2.39. The molecule has 3 rings (SSSR count). The van der Waals surface area contributed by atoms with Crippen molar-refractivity contribution in [2.24, 2.45) is 5.73 Å². The second-order valence-corrected chi connectivity index (χ2v) is 3.56. The average Bonchev–Trinajstić information content (AvgIpc) is 2.52. The highest BCUT2D eigenvalue weighted by Crippen LogP contribution is 2.24. The van der Waals surface area contributed by atoms with E-state index >= 15 is 0 Å². The predicted molar refractivity (Wildman–Crippen MR) is 57.8 cm³/mol. The summed E-state index contributed by atoms with van der Waals surface area (Å²) in [5.74, 6) is -0.971. The summed E-state index contributed by atoms with van der Waals surface area (Å²) in [6, 6.07) is 7.72. The highest BCUT2D eigenvalue weighted by molar-refractivity contribution is 5.82. The van der Waals surface area contributed by atoms with E-state index in [1.807, 2.05) is 28.8 Å². The van der Waals surface area contributed by atoms with Crippen molar-refractivity contribution in [1.82, 2.24) is 9.55 Å². The first-order valence-electron chi connectivity index (χ1n) is 4.61. The summed E-state index contributed by atoms with van der Waals surface area (Å²) in [6.45, 7) is 0. The van der Waals surface area contributed by atoms with E-state index in [2.05, 4.69) is 10.3 Å². The highest BCUT2D eigenvalue weighted by atomic mass is 16.3. The van der Waals surface area contributed by atoms with E-state index in [0.717, 1.165) is 11.0 Å². The van der Waals surface area contributed by atoms with Gasteiger partial charge in [0.15, 0.2) is 0 Å². The number of rotatable bonds is 0. The lowest BCUT2D eigenvalue weighted by atomic mass is 10.3. The smallest absolute Gasteiger partial charge is 0.214 e. The molecule has 0 spiro atoms. The molecule has 0 saturated carbocycles. The van der Waals surface area contributed by atoms with E-state index < -0.39 is 5.85 Å². The number of hydrogen-bond acceptors (Lipinski definition) is 4. The maximum atomic E-state index is 9.57. The van der Waals surface area contributed by atoms with E-state index in [-0.39, 0.29) is 0 Å². The van der Waals surface area contributed by atoms with Crippen molar-refractivity contribution in [2.75, 3.05) is 5.32 Å². The second kappa shape index (κ2) is 2.59. The van der Waals surface area contributed by atoms with Gasteiger partial charge < -0.3 is 10.4 Å². The molecular weight excluding hydrogens is 192 g/mol. The first-order chi connectivity index (χ1) is 7.16. The zero-order valence-corrected chi connectivity index (χ0v) is 7.88. The Kier molecular flexibility index (Phi) is 1.46. The monoisotopic (exact) mass is 202 g/mol. The van der Waals surface area contributed by atoms with E-state index in [0.29, 0.717) is 5.95 Å². The summed E-state index contributed by atoms with van der Waals surface area (Å²) < 4.78 is 1.84. The van der Waals surface area contributed by atoms with E-state index in [1.165, 1.54) is 6.08 Å². The van der Waals surface area contributed by atoms with Gasteiger partial charge in [-0.25, -0.2) is 4.98 Å². The van der Waals surface area contributed by atoms with Gasteiger partial charge >= 0.3 is 0 Å². The fourth-order valence-corrected chi connectivity index (χ4v) is 1.69. The van der Waals surface area contributed by atoms with Crippen molar-refractivity contribution in [1.29, 1.82) is 0 Å². The minimum Gasteiger partial charge on any atom is -0.355 e. The molecule has 0 amide bonds. The Morgan fingerprint density at radius 1 is 1.40 bits per heavy atom. The summed E-state index contributed by atoms with van der Waals surface area (Å²) in [5, 5.41) is 12.3. The molecule has 0 saturated heterocycles. The Morgan fingerprint density at radius 2 is 2.20 bits per heavy atom. The fraction of sp³-hybridized carbons (Fsp3) is 0.100. The topological polar surface area (TPSA) is 76.1 Å². The molecule has 0 radical (unpaired) electrons. The number of aliphatic hydroxyl groups is 1. The minimum atomic E-state index is -1.52. The molecule has 1 aromatic carbocycles. The van der Waals surface area contributed by atoms with Gasteiger partial charge in [-0.15, -0.1) is 0 Å². The average molecular weight is 202 g/mol. The Balaban J connectivity index is 2.28. The fourth-order valence-electron chi connectivity index (χ4n) is 1.69. The van der Waals surface area contributed by atoms with Gasteiger partial charge in [-0.1, -0.05) is 12.1 Å². The lowest BCUT2D eigenvalue weighted by Crippen LogP contribution is -2.47. The molecule has 1 aromatic heterocycles. The molecule has 1 aliphatic heterocycles. The Morgan fingerprint density at radius 3 is 3.07 bits per heavy atom. The summed E-state index contributed by atoms with van der Waals surface area (Å²) in [5.41, 5.74) is 7.36. The van der Waals surface area contributed by atoms with Crippen molar-refractivity contribution in [3.63, 3.8) is 0 Å². The number of fused-ring (bicyclic) bond motifs is 3. The molecule has 1 unspecified atom stereocenters. The molecule has 2 heterocycles. The zero-order valence-electron chi connectivity index (χ0n) is 7.88. The molecule has 2 aromatic rings. The number of hydrogen-bond donors (Lipinski definition) is 3. The summed E-state index contributed by atoms with van der Waals surface area (Å²) in [6.07, 6.45) is 3.19. The third-order valence-corrected chi connectivity index (χ3v) is 2.39. The van der Waals surface area contributed by atoms with Gasteiger partial charge in [0, 0.05) is 12.3 Å². The van der Waals surface area contributed by atoms with Crippen LogP contribution in [0.5, 0.6) is 0 Å². The van der Waals surface area contributed by atoms with Crippen molar-refractivity contribution in [3.8, 4) is 0 Å². The van der Waals surface area contributed by atoms with E-state index in [9.17, 15) is 5.11 Å². The van der Waals surface area contributed by atoms with E-state index in [1.54, 1.807) is 6.20 Å². The van der Waals surface area contributed by atoms with Crippen LogP contribution in [0.2, 0.25) is 0 Å². The Bertz CT molecular complexity index is 556. The maximum Gasteiger partial charge on any atom is 0.214 e. The molecular formula is C10H10N4O. The largest absolute Gasteiger partial charge is 0.355 e. The van der Waals surface area contributed by atoms with Crippen molar-refractivity contribution < 1.29 is 5.11 Å². The standard InChI is InChI=1S/C10H10N4O/c11-10(15)5-6-14-8-4-2-1-3-7(8)12-9(14)13-10/h1-6,15H,11H2,(H,12,13). The number of anilines is 1. The predicted octanol–water partition coefficient (Wildman–Crippen LogP) is 0.537. The van der Waals surface area contributed by atoms with Crippen LogP contribution in [0.15, 0.2) is 30.3 Å². The van der Waals surface area contributed by atoms with Crippen molar-refractivity contribution >= 4 is 23.2 Å². The number of nitrogens with one attached hydrogen (secondary N) is 1. The molecule has 0 fully saturated rings. The van der Waals surface area contributed by atoms with Crippen molar-refractivity contribution in [3.05, 3.63) is 30.3 Å². The summed E-state index contributed by atoms with van der Waals surface area (Å²) >= 11 is 0. The van der Waals surface area contributed by atoms with E-state index in [4.69, 9.17) is 5.73 Å². The van der Waals surface area contributed by atoms with Gasteiger partial charge in [-0.2, -0.15) is 0 Å². The van der Waals surface area contributed by atoms with Crippen LogP contribution in [0.25, 0.3) is 17.2 Å². The summed E-state index contributed by atoms with van der Waals surface area (Å²) in [4.78, 5) is 4.31. The molecule has 4 N–H and O–H groups in total. The first kappa shape index (κ1) is 8.46. The molecule has 76 valence electrons. The first-order valence-corrected chi connectivity index (χ1v) is 4.61. The second-order valence-electron chi connectivity index (χ2n) is 3.56. The maximum absolute atomic E-state index is 9.57. The van der Waals surface area contributed by atoms with Gasteiger partial charge in [-0.05, 0) is 12.1 Å². The van der Waals surface area contributed by atoms with Crippen LogP contribution in [0.1, 0.15) is 0 Å². The molecule has 5 nitrogen and oxygen atoms in total. The zero-order chi connectivity index (χ0) is 10.5. The van der Waals surface area contributed by atoms with Crippen LogP contribution in [0.3, 0.4) is 0 Å². The van der Waals surface area contributed by atoms with Gasteiger partial charge in [0.05, 0.1) is 11.0 Å². The SMILES string of the molecule is NC1(O)C=Cn2c(nc3ccccc32)N1. The van der Waals surface area contributed by atoms with Crippen LogP contribution in [-0.4, -0.2) is 20.5 Å². The summed E-state index contributed by atoms with van der Waals surface area (Å²) in [7, 11) is 0. The van der Waals surface area contributed by atoms with Crippen LogP contribution in [0, 0.1) is 0 Å². The van der Waals surface area contributed by atoms with Gasteiger partial charge in [0.2, 0.25) is 11.8 Å². The van der Waals surface area contributed by atoms with Crippen LogP contribution in [-0.2, 0) is 0 Å². The molecule has 0 aliphatic carbocycles. The molecule has 0 bridgehead atoms. The van der Waals surface area contributed by atoms with Crippen LogP contribution in [0.4, 0.5) is 5.95 Å². The van der Waals surface area contributed by atoms with Crippen LogP contribution < -0.4 is 11.1 Å². The van der Waals surface area contributed by atoms with Crippen molar-refractivity contribution in [2.45, 2.75) is 5.85 Å². The highest BCUT2D eigenvalue weighted by Gasteiger charge is 2.24. The Labute approximate surface area is 85.8 Å². The lowest BCUT2D eigenvalue weighted by Gasteiger charge is -2.24. The number of imidazole rings is 1. The number of nitrogens with zero attached hydrogens (tertiary/aromatic N) is 2. The number of aromatic nitrogens is 2. The van der Waals surface area contributed by atoms with Gasteiger partial charge in [0.25, 0.3) is 0 Å². The van der Waals surface area contributed by atoms with Gasteiger partial charge in [-0.3, -0.25) is 10.3 Å². The quantitative estimate of drug-likeness (QED) is 0.545. The lowest BCUT2D eigenvalue weighted by molar-refractivity contribution is 0.127. The molecule has 1 atom stereocenters. The molecule has 1 aliphatic rings. The van der Waals surface area contributed by atoms with Gasteiger partial charge in [0.1, 0.15) is 0 Å². The minimum absolute atomic E-state index is 0.545. The molecule has 5 heteroatoms. The van der Waals surface area contributed by atoms with Crippen LogP contribution >= 0.6 is 0 Å². The number of benzene rings is 1. The number of para-hydroxylation sites is 2. The normalized spacial score (nSPS) is 23.9. The molecule has 15 heavy (non-hydrogen) atoms. The Hall–Kier alpha value is -1.85. The third kappa shape index (κ3) is 1.21. The number of nitrogens with two attached hydrogens (primary N) is 1.